The van der Waals surface area contributed by atoms with Gasteiger partial charge in [-0.25, -0.2) is 18.6 Å². The van der Waals surface area contributed by atoms with E-state index in [0.717, 1.165) is 16.8 Å². The topological polar surface area (TPSA) is 54.6 Å². The van der Waals surface area contributed by atoms with Crippen molar-refractivity contribution in [2.24, 2.45) is 0 Å². The number of carbonyl (C=O) groups is 1. The summed E-state index contributed by atoms with van der Waals surface area (Å²) < 4.78 is 26.6. The summed E-state index contributed by atoms with van der Waals surface area (Å²) in [5.74, 6) is -3.03. The van der Waals surface area contributed by atoms with Crippen LogP contribution in [0.15, 0.2) is 18.5 Å². The minimum absolute atomic E-state index is 0.205. The third-order valence-electron chi connectivity index (χ3n) is 1.75. The summed E-state index contributed by atoms with van der Waals surface area (Å²) in [4.78, 5) is 14.1. The molecule has 0 bridgehead atoms. The highest BCUT2D eigenvalue weighted by Crippen LogP contribution is 2.12. The van der Waals surface area contributed by atoms with Crippen LogP contribution >= 0.6 is 0 Å². The minimum atomic E-state index is -1.29. The molecule has 0 saturated carbocycles. The van der Waals surface area contributed by atoms with E-state index >= 15 is 0 Å². The van der Waals surface area contributed by atoms with Crippen LogP contribution in [0.5, 0.6) is 0 Å². The van der Waals surface area contributed by atoms with Crippen LogP contribution in [0.1, 0.15) is 10.5 Å². The summed E-state index contributed by atoms with van der Waals surface area (Å²) in [5, 5.41) is 8.65. The number of carboxylic acids is 1. The molecule has 0 amide bonds. The number of aromatic nitrogens is 2. The van der Waals surface area contributed by atoms with Crippen LogP contribution in [0.4, 0.5) is 8.78 Å². The molecule has 0 aromatic carbocycles. The number of rotatable bonds is 1. The number of hydrogen-bond donors (Lipinski definition) is 1. The maximum absolute atomic E-state index is 13.0. The van der Waals surface area contributed by atoms with E-state index in [2.05, 4.69) is 4.98 Å². The third kappa shape index (κ3) is 1.12. The number of hydrogen-bond acceptors (Lipinski definition) is 2. The molecule has 0 spiro atoms. The number of imidazole rings is 1. The first-order chi connectivity index (χ1) is 6.59. The molecule has 0 saturated heterocycles. The Hall–Kier alpha value is -1.98. The Morgan fingerprint density at radius 3 is 2.86 bits per heavy atom. The van der Waals surface area contributed by atoms with Gasteiger partial charge in [0.25, 0.3) is 0 Å². The van der Waals surface area contributed by atoms with Gasteiger partial charge < -0.3 is 5.11 Å². The van der Waals surface area contributed by atoms with Crippen LogP contribution in [-0.4, -0.2) is 20.5 Å². The molecule has 0 aliphatic heterocycles. The largest absolute Gasteiger partial charge is 0.477 e. The molecule has 14 heavy (non-hydrogen) atoms. The van der Waals surface area contributed by atoms with Gasteiger partial charge in [0.1, 0.15) is 5.82 Å². The van der Waals surface area contributed by atoms with Crippen molar-refractivity contribution in [3.8, 4) is 0 Å². The summed E-state index contributed by atoms with van der Waals surface area (Å²) in [6, 6.07) is 0.647. The fraction of sp³-hybridized carbons (Fsp3) is 0. The zero-order valence-electron chi connectivity index (χ0n) is 6.74. The predicted octanol–water partition coefficient (Wildman–Crippen LogP) is 1.31. The van der Waals surface area contributed by atoms with Crippen LogP contribution in [0.3, 0.4) is 0 Å². The van der Waals surface area contributed by atoms with Crippen molar-refractivity contribution >= 4 is 11.6 Å². The highest BCUT2D eigenvalue weighted by atomic mass is 19.1. The van der Waals surface area contributed by atoms with E-state index in [1.165, 1.54) is 0 Å². The highest BCUT2D eigenvalue weighted by molar-refractivity contribution is 5.86. The lowest BCUT2D eigenvalue weighted by Gasteiger charge is -1.97. The van der Waals surface area contributed by atoms with Gasteiger partial charge in [0.05, 0.1) is 6.20 Å². The number of pyridine rings is 1. The Balaban J connectivity index is 2.85. The minimum Gasteiger partial charge on any atom is -0.477 e. The maximum atomic E-state index is 13.0. The van der Waals surface area contributed by atoms with Gasteiger partial charge in [-0.05, 0) is 0 Å². The molecule has 2 rings (SSSR count). The average molecular weight is 198 g/mol. The second-order valence-corrected chi connectivity index (χ2v) is 2.65. The monoisotopic (exact) mass is 198 g/mol. The summed E-state index contributed by atoms with van der Waals surface area (Å²) >= 11 is 0. The molecule has 0 fully saturated rings. The lowest BCUT2D eigenvalue weighted by Crippen LogP contribution is -2.02. The van der Waals surface area contributed by atoms with E-state index in [0.29, 0.717) is 6.07 Å². The van der Waals surface area contributed by atoms with Crippen molar-refractivity contribution in [1.29, 1.82) is 0 Å². The Morgan fingerprint density at radius 2 is 2.21 bits per heavy atom. The Bertz CT molecular complexity index is 521. The van der Waals surface area contributed by atoms with Gasteiger partial charge in [0, 0.05) is 12.3 Å². The van der Waals surface area contributed by atoms with Crippen molar-refractivity contribution in [2.75, 3.05) is 0 Å². The first-order valence-corrected chi connectivity index (χ1v) is 3.65. The summed E-state index contributed by atoms with van der Waals surface area (Å²) in [6.07, 6.45) is 1.84. The molecule has 2 heterocycles. The van der Waals surface area contributed by atoms with E-state index < -0.39 is 17.6 Å². The molecule has 1 N–H and O–H groups in total. The first-order valence-electron chi connectivity index (χ1n) is 3.65. The van der Waals surface area contributed by atoms with Crippen LogP contribution in [0, 0.1) is 11.6 Å². The van der Waals surface area contributed by atoms with Gasteiger partial charge in [-0.15, -0.1) is 0 Å². The zero-order valence-corrected chi connectivity index (χ0v) is 6.74. The molecule has 0 unspecified atom stereocenters. The van der Waals surface area contributed by atoms with Crippen LogP contribution in [-0.2, 0) is 0 Å². The van der Waals surface area contributed by atoms with Gasteiger partial charge in [-0.2, -0.15) is 0 Å². The van der Waals surface area contributed by atoms with E-state index in [1.54, 1.807) is 0 Å². The van der Waals surface area contributed by atoms with E-state index in [4.69, 9.17) is 5.11 Å². The molecule has 2 aromatic heterocycles. The molecule has 4 nitrogen and oxygen atoms in total. The van der Waals surface area contributed by atoms with Gasteiger partial charge in [0.15, 0.2) is 17.2 Å². The van der Waals surface area contributed by atoms with Crippen molar-refractivity contribution in [3.63, 3.8) is 0 Å². The van der Waals surface area contributed by atoms with Crippen molar-refractivity contribution in [2.45, 2.75) is 0 Å². The Morgan fingerprint density at radius 1 is 1.50 bits per heavy atom. The Kier molecular flexibility index (Phi) is 1.70. The molecule has 72 valence electrons. The molecule has 2 aromatic rings. The zero-order chi connectivity index (χ0) is 10.3. The fourth-order valence-electron chi connectivity index (χ4n) is 1.17. The van der Waals surface area contributed by atoms with Crippen LogP contribution < -0.4 is 0 Å². The number of fused-ring (bicyclic) bond motifs is 1. The number of aromatic carboxylic acids is 1. The average Bonchev–Trinajstić information content (AvgIpc) is 2.47. The fourth-order valence-corrected chi connectivity index (χ4v) is 1.17. The lowest BCUT2D eigenvalue weighted by atomic mass is 10.4. The smallest absolute Gasteiger partial charge is 0.354 e. The summed E-state index contributed by atoms with van der Waals surface area (Å²) in [7, 11) is 0. The normalized spacial score (nSPS) is 10.7. The second kappa shape index (κ2) is 2.76. The van der Waals surface area contributed by atoms with E-state index in [9.17, 15) is 13.6 Å². The van der Waals surface area contributed by atoms with Gasteiger partial charge in [-0.1, -0.05) is 0 Å². The highest BCUT2D eigenvalue weighted by Gasteiger charge is 2.13. The second-order valence-electron chi connectivity index (χ2n) is 2.65. The molecular weight excluding hydrogens is 194 g/mol. The lowest BCUT2D eigenvalue weighted by molar-refractivity contribution is 0.0689. The SMILES string of the molecule is O=C(O)c1cnc2c(F)cc(F)cn12. The molecule has 0 atom stereocenters. The van der Waals surface area contributed by atoms with E-state index in [-0.39, 0.29) is 11.3 Å². The number of carboxylic acid groups (broad SMARTS) is 1. The number of nitrogens with zero attached hydrogens (tertiary/aromatic N) is 2. The van der Waals surface area contributed by atoms with Crippen molar-refractivity contribution < 1.29 is 18.7 Å². The Labute approximate surface area is 76.4 Å². The number of halogens is 2. The molecular formula is C8H4F2N2O2. The molecule has 6 heteroatoms. The summed E-state index contributed by atoms with van der Waals surface area (Å²) in [5.41, 5.74) is -0.484. The predicted molar refractivity (Wildman–Crippen MR) is 42.1 cm³/mol. The molecule has 0 radical (unpaired) electrons. The third-order valence-corrected chi connectivity index (χ3v) is 1.75. The van der Waals surface area contributed by atoms with Gasteiger partial charge in [-0.3, -0.25) is 4.40 Å². The molecule has 0 aliphatic carbocycles. The first kappa shape index (κ1) is 8.61. The summed E-state index contributed by atoms with van der Waals surface area (Å²) in [6.45, 7) is 0. The van der Waals surface area contributed by atoms with Gasteiger partial charge in [0.2, 0.25) is 0 Å². The van der Waals surface area contributed by atoms with Crippen LogP contribution in [0.2, 0.25) is 0 Å². The van der Waals surface area contributed by atoms with E-state index in [1.807, 2.05) is 0 Å². The maximum Gasteiger partial charge on any atom is 0.354 e. The van der Waals surface area contributed by atoms with Crippen LogP contribution in [0.25, 0.3) is 5.65 Å². The molecule has 0 aliphatic rings. The quantitative estimate of drug-likeness (QED) is 0.751. The van der Waals surface area contributed by atoms with Crippen molar-refractivity contribution in [3.05, 3.63) is 35.8 Å². The van der Waals surface area contributed by atoms with Gasteiger partial charge >= 0.3 is 5.97 Å². The standard InChI is InChI=1S/C8H4F2N2O2/c9-4-1-5(10)7-11-2-6(8(13)14)12(7)3-4/h1-3H,(H,13,14). The van der Waals surface area contributed by atoms with Crippen molar-refractivity contribution in [1.82, 2.24) is 9.38 Å².